The Balaban J connectivity index is 2.33. The second kappa shape index (κ2) is 8.20. The summed E-state index contributed by atoms with van der Waals surface area (Å²) in [4.78, 5) is 4.52. The molecule has 1 saturated heterocycles. The molecule has 2 atom stereocenters. The van der Waals surface area contributed by atoms with Crippen LogP contribution in [-0.2, 0) is 0 Å². The van der Waals surface area contributed by atoms with Gasteiger partial charge in [0.1, 0.15) is 0 Å². The lowest BCUT2D eigenvalue weighted by molar-refractivity contribution is 0.0343. The standard InChI is InChI=1S/C15H32N2O2/c1-12(2)17(9-14(4)18)11-15(19)10-16-7-5-13(3)6-8-16/h12-15,18-19H,5-11H2,1-4H3. The van der Waals surface area contributed by atoms with Gasteiger partial charge in [0.25, 0.3) is 0 Å². The highest BCUT2D eigenvalue weighted by molar-refractivity contribution is 4.76. The first-order valence-electron chi connectivity index (χ1n) is 7.71. The molecule has 0 bridgehead atoms. The summed E-state index contributed by atoms with van der Waals surface area (Å²) in [7, 11) is 0. The Labute approximate surface area is 118 Å². The van der Waals surface area contributed by atoms with Crippen molar-refractivity contribution in [3.05, 3.63) is 0 Å². The van der Waals surface area contributed by atoms with Crippen LogP contribution in [0.3, 0.4) is 0 Å². The number of nitrogens with zero attached hydrogens (tertiary/aromatic N) is 2. The van der Waals surface area contributed by atoms with E-state index in [0.29, 0.717) is 19.1 Å². The van der Waals surface area contributed by atoms with Crippen LogP contribution in [0.25, 0.3) is 0 Å². The van der Waals surface area contributed by atoms with Gasteiger partial charge in [-0.2, -0.15) is 0 Å². The molecule has 1 rings (SSSR count). The topological polar surface area (TPSA) is 46.9 Å². The highest BCUT2D eigenvalue weighted by Gasteiger charge is 2.21. The van der Waals surface area contributed by atoms with Gasteiger partial charge in [-0.3, -0.25) is 4.90 Å². The highest BCUT2D eigenvalue weighted by Crippen LogP contribution is 2.16. The zero-order valence-electron chi connectivity index (χ0n) is 13.0. The van der Waals surface area contributed by atoms with Gasteiger partial charge in [-0.25, -0.2) is 0 Å². The van der Waals surface area contributed by atoms with E-state index in [9.17, 15) is 10.2 Å². The maximum atomic E-state index is 10.2. The fraction of sp³-hybridized carbons (Fsp3) is 1.00. The molecule has 0 amide bonds. The summed E-state index contributed by atoms with van der Waals surface area (Å²) in [6.45, 7) is 12.6. The molecule has 4 nitrogen and oxygen atoms in total. The quantitative estimate of drug-likeness (QED) is 0.730. The molecule has 1 heterocycles. The summed E-state index contributed by atoms with van der Waals surface area (Å²) in [5.41, 5.74) is 0. The van der Waals surface area contributed by atoms with Gasteiger partial charge >= 0.3 is 0 Å². The third-order valence-electron chi connectivity index (χ3n) is 4.02. The van der Waals surface area contributed by atoms with Crippen molar-refractivity contribution in [2.24, 2.45) is 5.92 Å². The maximum absolute atomic E-state index is 10.2. The van der Waals surface area contributed by atoms with Crippen molar-refractivity contribution < 1.29 is 10.2 Å². The monoisotopic (exact) mass is 272 g/mol. The average molecular weight is 272 g/mol. The molecule has 1 aliphatic rings. The summed E-state index contributed by atoms with van der Waals surface area (Å²) < 4.78 is 0. The number of β-amino-alcohol motifs (C(OH)–C–C–N with tert-alkyl or cyclic N) is 1. The van der Waals surface area contributed by atoms with Crippen LogP contribution in [0, 0.1) is 5.92 Å². The van der Waals surface area contributed by atoms with Crippen molar-refractivity contribution in [3.63, 3.8) is 0 Å². The number of aliphatic hydroxyl groups is 2. The van der Waals surface area contributed by atoms with Gasteiger partial charge in [0.2, 0.25) is 0 Å². The zero-order chi connectivity index (χ0) is 14.4. The van der Waals surface area contributed by atoms with Crippen molar-refractivity contribution in [1.82, 2.24) is 9.80 Å². The van der Waals surface area contributed by atoms with Crippen LogP contribution in [0.15, 0.2) is 0 Å². The number of hydrogen-bond acceptors (Lipinski definition) is 4. The van der Waals surface area contributed by atoms with E-state index in [0.717, 1.165) is 25.6 Å². The van der Waals surface area contributed by atoms with E-state index >= 15 is 0 Å². The second-order valence-electron chi connectivity index (χ2n) is 6.53. The van der Waals surface area contributed by atoms with Crippen molar-refractivity contribution in [3.8, 4) is 0 Å². The molecule has 0 aromatic rings. The Morgan fingerprint density at radius 2 is 1.68 bits per heavy atom. The third kappa shape index (κ3) is 6.70. The van der Waals surface area contributed by atoms with E-state index in [1.165, 1.54) is 12.8 Å². The molecule has 2 N–H and O–H groups in total. The first-order chi connectivity index (χ1) is 8.88. The Kier molecular flexibility index (Phi) is 7.29. The number of likely N-dealkylation sites (tertiary alicyclic amines) is 1. The molecule has 114 valence electrons. The predicted molar refractivity (Wildman–Crippen MR) is 79.2 cm³/mol. The lowest BCUT2D eigenvalue weighted by atomic mass is 9.99. The Morgan fingerprint density at radius 1 is 1.11 bits per heavy atom. The van der Waals surface area contributed by atoms with E-state index in [1.807, 2.05) is 0 Å². The van der Waals surface area contributed by atoms with Crippen LogP contribution >= 0.6 is 0 Å². The van der Waals surface area contributed by atoms with E-state index in [4.69, 9.17) is 0 Å². The first kappa shape index (κ1) is 16.9. The lowest BCUT2D eigenvalue weighted by Gasteiger charge is -2.34. The molecular weight excluding hydrogens is 240 g/mol. The molecule has 4 heteroatoms. The smallest absolute Gasteiger partial charge is 0.0793 e. The fourth-order valence-electron chi connectivity index (χ4n) is 2.71. The minimum absolute atomic E-state index is 0.324. The van der Waals surface area contributed by atoms with Crippen LogP contribution in [0.1, 0.15) is 40.5 Å². The Hall–Kier alpha value is -0.160. The summed E-state index contributed by atoms with van der Waals surface area (Å²) in [5, 5.41) is 19.7. The molecular formula is C15H32N2O2. The molecule has 0 saturated carbocycles. The molecule has 0 aliphatic carbocycles. The van der Waals surface area contributed by atoms with Crippen LogP contribution < -0.4 is 0 Å². The fourth-order valence-corrected chi connectivity index (χ4v) is 2.71. The zero-order valence-corrected chi connectivity index (χ0v) is 13.0. The molecule has 0 radical (unpaired) electrons. The van der Waals surface area contributed by atoms with Crippen molar-refractivity contribution >= 4 is 0 Å². The number of piperidine rings is 1. The molecule has 2 unspecified atom stereocenters. The van der Waals surface area contributed by atoms with Gasteiger partial charge in [0, 0.05) is 25.7 Å². The highest BCUT2D eigenvalue weighted by atomic mass is 16.3. The second-order valence-corrected chi connectivity index (χ2v) is 6.53. The largest absolute Gasteiger partial charge is 0.392 e. The molecule has 19 heavy (non-hydrogen) atoms. The van der Waals surface area contributed by atoms with Crippen LogP contribution in [0.5, 0.6) is 0 Å². The van der Waals surface area contributed by atoms with Gasteiger partial charge < -0.3 is 15.1 Å². The molecule has 1 fully saturated rings. The Bertz CT molecular complexity index is 238. The summed E-state index contributed by atoms with van der Waals surface area (Å²) in [6.07, 6.45) is 1.82. The van der Waals surface area contributed by atoms with Crippen molar-refractivity contribution in [2.75, 3.05) is 32.7 Å². The van der Waals surface area contributed by atoms with Crippen LogP contribution in [0.2, 0.25) is 0 Å². The SMILES string of the molecule is CC(O)CN(CC(O)CN1CCC(C)CC1)C(C)C. The van der Waals surface area contributed by atoms with Crippen LogP contribution in [0.4, 0.5) is 0 Å². The average Bonchev–Trinajstić information content (AvgIpc) is 2.30. The van der Waals surface area contributed by atoms with E-state index in [-0.39, 0.29) is 12.2 Å². The molecule has 1 aliphatic heterocycles. The van der Waals surface area contributed by atoms with E-state index in [2.05, 4.69) is 30.6 Å². The van der Waals surface area contributed by atoms with Gasteiger partial charge in [-0.05, 0) is 52.6 Å². The molecule has 0 spiro atoms. The van der Waals surface area contributed by atoms with Gasteiger partial charge in [-0.15, -0.1) is 0 Å². The molecule has 0 aromatic carbocycles. The van der Waals surface area contributed by atoms with E-state index in [1.54, 1.807) is 6.92 Å². The normalized spacial score (nSPS) is 22.1. The minimum atomic E-state index is -0.342. The van der Waals surface area contributed by atoms with Crippen molar-refractivity contribution in [2.45, 2.75) is 58.8 Å². The lowest BCUT2D eigenvalue weighted by Crippen LogP contribution is -2.46. The van der Waals surface area contributed by atoms with Gasteiger partial charge in [0.05, 0.1) is 12.2 Å². The number of aliphatic hydroxyl groups excluding tert-OH is 2. The summed E-state index contributed by atoms with van der Waals surface area (Å²) >= 11 is 0. The van der Waals surface area contributed by atoms with Crippen molar-refractivity contribution in [1.29, 1.82) is 0 Å². The van der Waals surface area contributed by atoms with E-state index < -0.39 is 0 Å². The summed E-state index contributed by atoms with van der Waals surface area (Å²) in [6, 6.07) is 0.352. The third-order valence-corrected chi connectivity index (χ3v) is 4.02. The van der Waals surface area contributed by atoms with Gasteiger partial charge in [-0.1, -0.05) is 6.92 Å². The number of rotatable bonds is 7. The van der Waals surface area contributed by atoms with Gasteiger partial charge in [0.15, 0.2) is 0 Å². The first-order valence-corrected chi connectivity index (χ1v) is 7.71. The minimum Gasteiger partial charge on any atom is -0.392 e. The maximum Gasteiger partial charge on any atom is 0.0793 e. The number of hydrogen-bond donors (Lipinski definition) is 2. The molecule has 0 aromatic heterocycles. The van der Waals surface area contributed by atoms with Crippen LogP contribution in [-0.4, -0.2) is 71.0 Å². The Morgan fingerprint density at radius 3 is 2.16 bits per heavy atom. The summed E-state index contributed by atoms with van der Waals surface area (Å²) in [5.74, 6) is 0.829. The predicted octanol–water partition coefficient (Wildman–Crippen LogP) is 1.17.